The maximum absolute atomic E-state index is 14.1. The van der Waals surface area contributed by atoms with Gasteiger partial charge in [0.05, 0.1) is 34.9 Å². The summed E-state index contributed by atoms with van der Waals surface area (Å²) in [6, 6.07) is 10.2. The highest BCUT2D eigenvalue weighted by molar-refractivity contribution is 7.09. The molecule has 0 saturated heterocycles. The van der Waals surface area contributed by atoms with E-state index in [0.717, 1.165) is 10.7 Å². The summed E-state index contributed by atoms with van der Waals surface area (Å²) in [4.78, 5) is 44.9. The molecule has 4 rings (SSSR count). The predicted octanol–water partition coefficient (Wildman–Crippen LogP) is 6.65. The molecule has 1 aromatic carbocycles. The Hall–Kier alpha value is -3.98. The molecule has 0 amide bonds. The summed E-state index contributed by atoms with van der Waals surface area (Å²) in [5.74, 6) is -1.38. The van der Waals surface area contributed by atoms with Crippen molar-refractivity contribution in [1.82, 2.24) is 9.38 Å². The van der Waals surface area contributed by atoms with E-state index in [1.165, 1.54) is 11.3 Å². The normalized spacial score (nSPS) is 12.5. The van der Waals surface area contributed by atoms with Crippen molar-refractivity contribution in [2.24, 2.45) is 17.3 Å². The minimum absolute atomic E-state index is 0.0252. The van der Waals surface area contributed by atoms with E-state index >= 15 is 0 Å². The second kappa shape index (κ2) is 11.9. The Bertz CT molecular complexity index is 1590. The number of carbonyl (C=O) groups excluding carboxylic acids is 2. The first-order chi connectivity index (χ1) is 19.3. The zero-order valence-electron chi connectivity index (χ0n) is 24.5. The number of carbonyl (C=O) groups is 3. The number of Topliss-reactive ketones (excluding diaryl/α,β-unsaturated/α-hetero) is 1. The lowest BCUT2D eigenvalue weighted by Gasteiger charge is -2.20. The third kappa shape index (κ3) is 6.35. The molecule has 0 fully saturated rings. The maximum atomic E-state index is 14.1. The number of pyridine rings is 1. The van der Waals surface area contributed by atoms with Crippen LogP contribution in [0.3, 0.4) is 0 Å². The van der Waals surface area contributed by atoms with Crippen LogP contribution in [0.4, 0.5) is 0 Å². The van der Waals surface area contributed by atoms with E-state index in [2.05, 4.69) is 4.98 Å². The third-order valence-corrected chi connectivity index (χ3v) is 7.91. The molecule has 0 unspecified atom stereocenters. The molecule has 41 heavy (non-hydrogen) atoms. The van der Waals surface area contributed by atoms with Gasteiger partial charge in [0.1, 0.15) is 18.1 Å². The largest absolute Gasteiger partial charge is 0.497 e. The van der Waals surface area contributed by atoms with Crippen LogP contribution < -0.4 is 9.47 Å². The first-order valence-electron chi connectivity index (χ1n) is 13.5. The van der Waals surface area contributed by atoms with Crippen LogP contribution in [0, 0.1) is 24.2 Å². The lowest BCUT2D eigenvalue weighted by atomic mass is 9.81. The van der Waals surface area contributed by atoms with E-state index in [1.807, 2.05) is 46.9 Å². The van der Waals surface area contributed by atoms with Crippen LogP contribution in [0.2, 0.25) is 0 Å². The number of aromatic nitrogens is 2. The first kappa shape index (κ1) is 30.0. The summed E-state index contributed by atoms with van der Waals surface area (Å²) in [6.45, 7) is 11.3. The molecule has 8 nitrogen and oxygen atoms in total. The van der Waals surface area contributed by atoms with Gasteiger partial charge in [0, 0.05) is 34.2 Å². The Morgan fingerprint density at radius 2 is 1.76 bits per heavy atom. The second-order valence-corrected chi connectivity index (χ2v) is 12.6. The molecule has 4 aromatic rings. The van der Waals surface area contributed by atoms with Crippen molar-refractivity contribution in [3.05, 3.63) is 81.1 Å². The quantitative estimate of drug-likeness (QED) is 0.199. The molecule has 0 aliphatic carbocycles. The number of hydrogen-bond acceptors (Lipinski definition) is 7. The number of aliphatic carboxylic acids is 1. The van der Waals surface area contributed by atoms with Crippen LogP contribution in [0.15, 0.2) is 48.0 Å². The van der Waals surface area contributed by atoms with E-state index in [9.17, 15) is 19.5 Å². The lowest BCUT2D eigenvalue weighted by molar-refractivity contribution is -0.143. The summed E-state index contributed by atoms with van der Waals surface area (Å²) in [5, 5.41) is 13.0. The molecule has 0 radical (unpaired) electrons. The van der Waals surface area contributed by atoms with Crippen molar-refractivity contribution in [3.63, 3.8) is 0 Å². The average molecular weight is 577 g/mol. The number of carboxylic acids is 1. The van der Waals surface area contributed by atoms with Gasteiger partial charge in [-0.25, -0.2) is 4.98 Å². The van der Waals surface area contributed by atoms with Crippen molar-refractivity contribution in [1.29, 1.82) is 0 Å². The molecule has 1 atom stereocenters. The standard InChI is InChI=1S/C32H36N2O6S/c1-18(2)24(31(37)38)15-25-27(30(36)32(4,5)6)26-14-23(40-16-21-17-41-19(3)33-21)12-13-34(26)28(25)29(35)20-8-10-22(39-7)11-9-20/h8-14,17-18,24H,15-16H2,1-7H3,(H,37,38)/t24-/m0/s1. The summed E-state index contributed by atoms with van der Waals surface area (Å²) in [5.41, 5.74) is 1.95. The van der Waals surface area contributed by atoms with Crippen LogP contribution in [0.5, 0.6) is 11.5 Å². The van der Waals surface area contributed by atoms with Crippen LogP contribution in [-0.4, -0.2) is 39.1 Å². The topological polar surface area (TPSA) is 107 Å². The van der Waals surface area contributed by atoms with E-state index in [-0.39, 0.29) is 36.2 Å². The number of aryl methyl sites for hydroxylation is 1. The molecular weight excluding hydrogens is 540 g/mol. The van der Waals surface area contributed by atoms with Crippen molar-refractivity contribution in [2.45, 2.75) is 54.6 Å². The number of hydrogen-bond donors (Lipinski definition) is 1. The molecule has 216 valence electrons. The van der Waals surface area contributed by atoms with Crippen LogP contribution >= 0.6 is 11.3 Å². The third-order valence-electron chi connectivity index (χ3n) is 7.09. The van der Waals surface area contributed by atoms with E-state index in [0.29, 0.717) is 33.7 Å². The molecule has 9 heteroatoms. The fourth-order valence-corrected chi connectivity index (χ4v) is 5.39. The molecule has 1 N–H and O–H groups in total. The fraction of sp³-hybridized carbons (Fsp3) is 0.375. The molecular formula is C32H36N2O6S. The van der Waals surface area contributed by atoms with Crippen molar-refractivity contribution in [3.8, 4) is 11.5 Å². The van der Waals surface area contributed by atoms with E-state index in [4.69, 9.17) is 9.47 Å². The number of fused-ring (bicyclic) bond motifs is 1. The lowest BCUT2D eigenvalue weighted by Crippen LogP contribution is -2.26. The number of ether oxygens (including phenoxy) is 2. The van der Waals surface area contributed by atoms with Gasteiger partial charge in [0.15, 0.2) is 5.78 Å². The number of methoxy groups -OCH3 is 1. The summed E-state index contributed by atoms with van der Waals surface area (Å²) >= 11 is 1.54. The average Bonchev–Trinajstić information content (AvgIpc) is 3.48. The summed E-state index contributed by atoms with van der Waals surface area (Å²) < 4.78 is 13.0. The Labute approximate surface area is 244 Å². The van der Waals surface area contributed by atoms with Gasteiger partial charge in [0.25, 0.3) is 0 Å². The summed E-state index contributed by atoms with van der Waals surface area (Å²) in [7, 11) is 1.55. The van der Waals surface area contributed by atoms with Crippen molar-refractivity contribution >= 4 is 34.4 Å². The molecule has 3 heterocycles. The maximum Gasteiger partial charge on any atom is 0.307 e. The Morgan fingerprint density at radius 1 is 1.07 bits per heavy atom. The monoisotopic (exact) mass is 576 g/mol. The van der Waals surface area contributed by atoms with E-state index in [1.54, 1.807) is 54.1 Å². The number of thiazole rings is 1. The highest BCUT2D eigenvalue weighted by Gasteiger charge is 2.35. The Kier molecular flexibility index (Phi) is 8.68. The highest BCUT2D eigenvalue weighted by Crippen LogP contribution is 2.36. The predicted molar refractivity (Wildman–Crippen MR) is 158 cm³/mol. The van der Waals surface area contributed by atoms with E-state index < -0.39 is 17.3 Å². The van der Waals surface area contributed by atoms with Crippen LogP contribution in [-0.2, 0) is 17.8 Å². The van der Waals surface area contributed by atoms with Gasteiger partial charge in [-0.3, -0.25) is 14.4 Å². The molecule has 0 aliphatic rings. The zero-order chi connectivity index (χ0) is 30.1. The molecule has 0 spiro atoms. The van der Waals surface area contributed by atoms with Gasteiger partial charge in [-0.15, -0.1) is 11.3 Å². The number of benzene rings is 1. The first-order valence-corrected chi connectivity index (χ1v) is 14.4. The molecule has 3 aromatic heterocycles. The minimum atomic E-state index is -0.977. The summed E-state index contributed by atoms with van der Waals surface area (Å²) in [6.07, 6.45) is 1.74. The molecule has 0 aliphatic heterocycles. The zero-order valence-corrected chi connectivity index (χ0v) is 25.3. The SMILES string of the molecule is COc1ccc(C(=O)c2c(C[C@H](C(=O)O)C(C)C)c(C(=O)C(C)(C)C)c3cc(OCc4csc(C)n4)ccn23)cc1. The van der Waals surface area contributed by atoms with Crippen molar-refractivity contribution in [2.75, 3.05) is 7.11 Å². The minimum Gasteiger partial charge on any atom is -0.497 e. The molecule has 0 saturated carbocycles. The smallest absolute Gasteiger partial charge is 0.307 e. The second-order valence-electron chi connectivity index (χ2n) is 11.5. The Balaban J connectivity index is 1.95. The van der Waals surface area contributed by atoms with Crippen molar-refractivity contribution < 1.29 is 29.0 Å². The number of carboxylic acid groups (broad SMARTS) is 1. The van der Waals surface area contributed by atoms with Gasteiger partial charge >= 0.3 is 5.97 Å². The highest BCUT2D eigenvalue weighted by atomic mass is 32.1. The Morgan fingerprint density at radius 3 is 2.29 bits per heavy atom. The number of ketones is 2. The number of rotatable bonds is 11. The van der Waals surface area contributed by atoms with Crippen LogP contribution in [0.25, 0.3) is 5.52 Å². The molecule has 0 bridgehead atoms. The van der Waals surface area contributed by atoms with Gasteiger partial charge in [-0.2, -0.15) is 0 Å². The van der Waals surface area contributed by atoms with Gasteiger partial charge in [-0.05, 0) is 55.2 Å². The van der Waals surface area contributed by atoms with Gasteiger partial charge in [-0.1, -0.05) is 34.6 Å². The van der Waals surface area contributed by atoms with Gasteiger partial charge in [0.2, 0.25) is 5.78 Å². The number of nitrogens with zero attached hydrogens (tertiary/aromatic N) is 2. The van der Waals surface area contributed by atoms with Gasteiger partial charge < -0.3 is 19.0 Å². The fourth-order valence-electron chi connectivity index (χ4n) is 4.79. The van der Waals surface area contributed by atoms with Crippen LogP contribution in [0.1, 0.15) is 77.3 Å².